The fourth-order valence-electron chi connectivity index (χ4n) is 1.84. The van der Waals surface area contributed by atoms with Crippen LogP contribution in [0.5, 0.6) is 0 Å². The summed E-state index contributed by atoms with van der Waals surface area (Å²) in [5.41, 5.74) is 1.57. The van der Waals surface area contributed by atoms with E-state index < -0.39 is 0 Å². The summed E-state index contributed by atoms with van der Waals surface area (Å²) in [5, 5.41) is 12.3. The number of thioether (sulfide) groups is 1. The monoisotopic (exact) mass is 296 g/mol. The van der Waals surface area contributed by atoms with Gasteiger partial charge in [-0.2, -0.15) is 5.26 Å². The van der Waals surface area contributed by atoms with Crippen molar-refractivity contribution in [2.75, 3.05) is 5.32 Å². The van der Waals surface area contributed by atoms with E-state index in [4.69, 9.17) is 5.26 Å². The van der Waals surface area contributed by atoms with Crippen LogP contribution in [-0.4, -0.2) is 11.2 Å². The fourth-order valence-corrected chi connectivity index (χ4v) is 2.68. The van der Waals surface area contributed by atoms with Gasteiger partial charge in [0.15, 0.2) is 0 Å². The van der Waals surface area contributed by atoms with Gasteiger partial charge in [0.05, 0.1) is 11.3 Å². The summed E-state index contributed by atoms with van der Waals surface area (Å²) < 4.78 is 0. The first kappa shape index (κ1) is 15.1. The maximum Gasteiger partial charge on any atom is 0.255 e. The molecule has 3 nitrogen and oxygen atoms in total. The highest BCUT2D eigenvalue weighted by Crippen LogP contribution is 2.23. The van der Waals surface area contributed by atoms with Crippen LogP contribution in [0.15, 0.2) is 53.4 Å². The van der Waals surface area contributed by atoms with Crippen LogP contribution in [0.3, 0.4) is 0 Å². The van der Waals surface area contributed by atoms with Crippen molar-refractivity contribution in [2.45, 2.75) is 24.0 Å². The number of nitriles is 1. The normalized spacial score (nSPS) is 10.2. The van der Waals surface area contributed by atoms with Crippen LogP contribution in [0.2, 0.25) is 0 Å². The maximum atomic E-state index is 12.2. The Labute approximate surface area is 129 Å². The highest BCUT2D eigenvalue weighted by molar-refractivity contribution is 7.99. The molecule has 0 heterocycles. The molecule has 0 saturated heterocycles. The summed E-state index contributed by atoms with van der Waals surface area (Å²) in [4.78, 5) is 13.3. The Morgan fingerprint density at radius 3 is 2.43 bits per heavy atom. The van der Waals surface area contributed by atoms with Crippen LogP contribution in [0, 0.1) is 11.3 Å². The zero-order chi connectivity index (χ0) is 15.2. The third kappa shape index (κ3) is 4.11. The van der Waals surface area contributed by atoms with Gasteiger partial charge in [0.25, 0.3) is 5.91 Å². The Balaban J connectivity index is 2.12. The number of hydrogen-bond donors (Lipinski definition) is 1. The van der Waals surface area contributed by atoms with Crippen molar-refractivity contribution >= 4 is 23.4 Å². The molecule has 2 aromatic carbocycles. The number of benzene rings is 2. The van der Waals surface area contributed by atoms with Crippen molar-refractivity contribution in [1.82, 2.24) is 0 Å². The van der Waals surface area contributed by atoms with E-state index >= 15 is 0 Å². The Kier molecular flexibility index (Phi) is 5.02. The third-order valence-corrected chi connectivity index (χ3v) is 3.80. The van der Waals surface area contributed by atoms with Crippen LogP contribution in [0.1, 0.15) is 29.8 Å². The first-order valence-electron chi connectivity index (χ1n) is 6.67. The van der Waals surface area contributed by atoms with Gasteiger partial charge in [0, 0.05) is 15.7 Å². The number of carbonyl (C=O) groups is 1. The maximum absolute atomic E-state index is 12.2. The molecule has 0 spiro atoms. The molecule has 21 heavy (non-hydrogen) atoms. The van der Waals surface area contributed by atoms with Gasteiger partial charge >= 0.3 is 0 Å². The summed E-state index contributed by atoms with van der Waals surface area (Å²) in [7, 11) is 0. The molecule has 1 N–H and O–H groups in total. The van der Waals surface area contributed by atoms with E-state index in [0.717, 1.165) is 4.90 Å². The smallest absolute Gasteiger partial charge is 0.255 e. The van der Waals surface area contributed by atoms with Crippen LogP contribution in [-0.2, 0) is 0 Å². The average molecular weight is 296 g/mol. The summed E-state index contributed by atoms with van der Waals surface area (Å²) in [6.45, 7) is 4.26. The van der Waals surface area contributed by atoms with Crippen LogP contribution in [0.4, 0.5) is 5.69 Å². The molecule has 0 radical (unpaired) electrons. The molecule has 0 aromatic heterocycles. The number of carbonyl (C=O) groups excluding carboxylic acids is 1. The van der Waals surface area contributed by atoms with Crippen LogP contribution in [0.25, 0.3) is 0 Å². The number of nitrogens with one attached hydrogen (secondary N) is 1. The number of amides is 1. The minimum absolute atomic E-state index is 0.209. The SMILES string of the molecule is CC(C)Sc1ccc(C(=O)Nc2ccccc2C#N)cc1. The van der Waals surface area contributed by atoms with Crippen molar-refractivity contribution in [3.05, 3.63) is 59.7 Å². The average Bonchev–Trinajstić information content (AvgIpc) is 2.48. The molecule has 0 aliphatic heterocycles. The Morgan fingerprint density at radius 1 is 1.14 bits per heavy atom. The van der Waals surface area contributed by atoms with Crippen molar-refractivity contribution in [3.63, 3.8) is 0 Å². The van der Waals surface area contributed by atoms with Crippen molar-refractivity contribution in [3.8, 4) is 6.07 Å². The summed E-state index contributed by atoms with van der Waals surface area (Å²) in [6, 6.07) is 16.5. The predicted octanol–water partition coefficient (Wildman–Crippen LogP) is 4.31. The lowest BCUT2D eigenvalue weighted by molar-refractivity contribution is 0.102. The van der Waals surface area contributed by atoms with E-state index in [2.05, 4.69) is 25.2 Å². The largest absolute Gasteiger partial charge is 0.321 e. The molecule has 0 unspecified atom stereocenters. The minimum atomic E-state index is -0.209. The summed E-state index contributed by atoms with van der Waals surface area (Å²) >= 11 is 1.75. The van der Waals surface area contributed by atoms with Gasteiger partial charge < -0.3 is 5.32 Å². The van der Waals surface area contributed by atoms with Gasteiger partial charge in [-0.1, -0.05) is 26.0 Å². The second kappa shape index (κ2) is 6.96. The lowest BCUT2D eigenvalue weighted by atomic mass is 10.1. The Bertz CT molecular complexity index is 672. The number of hydrogen-bond acceptors (Lipinski definition) is 3. The van der Waals surface area contributed by atoms with E-state index in [0.29, 0.717) is 22.1 Å². The van der Waals surface area contributed by atoms with Crippen molar-refractivity contribution < 1.29 is 4.79 Å². The highest BCUT2D eigenvalue weighted by atomic mass is 32.2. The molecule has 0 bridgehead atoms. The molecule has 0 atom stereocenters. The highest BCUT2D eigenvalue weighted by Gasteiger charge is 2.09. The van der Waals surface area contributed by atoms with Crippen LogP contribution < -0.4 is 5.32 Å². The van der Waals surface area contributed by atoms with Gasteiger partial charge in [0.1, 0.15) is 6.07 Å². The van der Waals surface area contributed by atoms with Gasteiger partial charge in [-0.3, -0.25) is 4.79 Å². The number of anilines is 1. The first-order valence-corrected chi connectivity index (χ1v) is 7.55. The Morgan fingerprint density at radius 2 is 1.81 bits per heavy atom. The second-order valence-corrected chi connectivity index (χ2v) is 6.45. The van der Waals surface area contributed by atoms with Gasteiger partial charge in [-0.15, -0.1) is 11.8 Å². The first-order chi connectivity index (χ1) is 10.1. The van der Waals surface area contributed by atoms with Crippen LogP contribution >= 0.6 is 11.8 Å². The molecule has 4 heteroatoms. The lowest BCUT2D eigenvalue weighted by Gasteiger charge is -2.08. The fraction of sp³-hybridized carbons (Fsp3) is 0.176. The van der Waals surface area contributed by atoms with E-state index in [1.54, 1.807) is 48.2 Å². The molecule has 0 aliphatic carbocycles. The number of para-hydroxylation sites is 1. The molecule has 0 fully saturated rings. The number of nitrogens with zero attached hydrogens (tertiary/aromatic N) is 1. The van der Waals surface area contributed by atoms with Crippen molar-refractivity contribution in [2.24, 2.45) is 0 Å². The van der Waals surface area contributed by atoms with E-state index in [-0.39, 0.29) is 5.91 Å². The second-order valence-electron chi connectivity index (χ2n) is 4.80. The third-order valence-electron chi connectivity index (χ3n) is 2.78. The molecule has 0 saturated carbocycles. The molecule has 1 amide bonds. The molecular formula is C17H16N2OS. The van der Waals surface area contributed by atoms with Gasteiger partial charge in [-0.25, -0.2) is 0 Å². The molecule has 2 rings (SSSR count). The summed E-state index contributed by atoms with van der Waals surface area (Å²) in [6.07, 6.45) is 0. The quantitative estimate of drug-likeness (QED) is 0.855. The van der Waals surface area contributed by atoms with E-state index in [9.17, 15) is 4.79 Å². The Hall–Kier alpha value is -2.25. The lowest BCUT2D eigenvalue weighted by Crippen LogP contribution is -2.12. The molecule has 2 aromatic rings. The molecular weight excluding hydrogens is 280 g/mol. The summed E-state index contributed by atoms with van der Waals surface area (Å²) in [5.74, 6) is -0.209. The van der Waals surface area contributed by atoms with Gasteiger partial charge in [-0.05, 0) is 36.4 Å². The standard InChI is InChI=1S/C17H16N2OS/c1-12(2)21-15-9-7-13(8-10-15)17(20)19-16-6-4-3-5-14(16)11-18/h3-10,12H,1-2H3,(H,19,20). The topological polar surface area (TPSA) is 52.9 Å². The minimum Gasteiger partial charge on any atom is -0.321 e. The van der Waals surface area contributed by atoms with E-state index in [1.165, 1.54) is 0 Å². The van der Waals surface area contributed by atoms with Gasteiger partial charge in [0.2, 0.25) is 0 Å². The predicted molar refractivity (Wildman–Crippen MR) is 86.5 cm³/mol. The molecule has 106 valence electrons. The van der Waals surface area contributed by atoms with Crippen molar-refractivity contribution in [1.29, 1.82) is 5.26 Å². The zero-order valence-corrected chi connectivity index (χ0v) is 12.8. The zero-order valence-electron chi connectivity index (χ0n) is 12.0. The molecule has 0 aliphatic rings. The number of rotatable bonds is 4. The van der Waals surface area contributed by atoms with E-state index in [1.807, 2.05) is 12.1 Å².